The second kappa shape index (κ2) is 4.08. The van der Waals surface area contributed by atoms with Crippen molar-refractivity contribution in [1.82, 2.24) is 10.1 Å². The van der Waals surface area contributed by atoms with Crippen molar-refractivity contribution in [1.29, 1.82) is 0 Å². The zero-order valence-electron chi connectivity index (χ0n) is 8.52. The molecule has 0 spiro atoms. The third-order valence-electron chi connectivity index (χ3n) is 1.98. The highest BCUT2D eigenvalue weighted by Crippen LogP contribution is 2.24. The monoisotopic (exact) mass is 276 g/mol. The van der Waals surface area contributed by atoms with E-state index in [1.165, 1.54) is 6.07 Å². The predicted molar refractivity (Wildman–Crippen MR) is 57.5 cm³/mol. The summed E-state index contributed by atoms with van der Waals surface area (Å²) in [7, 11) is 0.950. The zero-order valence-corrected chi connectivity index (χ0v) is 10.1. The number of halogens is 2. The molecule has 0 amide bonds. The van der Waals surface area contributed by atoms with Gasteiger partial charge in [-0.25, -0.2) is 12.8 Å². The van der Waals surface area contributed by atoms with Crippen LogP contribution in [0.3, 0.4) is 0 Å². The molecule has 0 unspecified atom stereocenters. The molecule has 0 aliphatic rings. The summed E-state index contributed by atoms with van der Waals surface area (Å²) in [6.07, 6.45) is 0. The lowest BCUT2D eigenvalue weighted by Crippen LogP contribution is -1.96. The molecule has 1 aromatic heterocycles. The van der Waals surface area contributed by atoms with Gasteiger partial charge in [-0.05, 0) is 18.2 Å². The van der Waals surface area contributed by atoms with Crippen molar-refractivity contribution >= 4 is 19.7 Å². The number of benzene rings is 1. The molecule has 0 aliphatic heterocycles. The Labute approximate surface area is 101 Å². The summed E-state index contributed by atoms with van der Waals surface area (Å²) in [4.78, 5) is 3.28. The Morgan fingerprint density at radius 1 is 1.41 bits per heavy atom. The van der Waals surface area contributed by atoms with Gasteiger partial charge in [0.15, 0.2) is 0 Å². The summed E-state index contributed by atoms with van der Waals surface area (Å²) >= 11 is 0. The van der Waals surface area contributed by atoms with Crippen LogP contribution in [0, 0.1) is 12.7 Å². The first-order valence-electron chi connectivity index (χ1n) is 4.43. The van der Waals surface area contributed by atoms with E-state index in [4.69, 9.17) is 15.2 Å². The molecule has 1 aromatic carbocycles. The van der Waals surface area contributed by atoms with Crippen molar-refractivity contribution in [2.45, 2.75) is 11.8 Å². The van der Waals surface area contributed by atoms with Crippen molar-refractivity contribution in [3.63, 3.8) is 0 Å². The molecule has 8 heteroatoms. The highest BCUT2D eigenvalue weighted by molar-refractivity contribution is 8.13. The van der Waals surface area contributed by atoms with E-state index in [0.717, 1.165) is 12.1 Å². The van der Waals surface area contributed by atoms with Gasteiger partial charge in [-0.1, -0.05) is 5.16 Å². The molecule has 2 aromatic rings. The average Bonchev–Trinajstić information content (AvgIpc) is 2.64. The van der Waals surface area contributed by atoms with Crippen molar-refractivity contribution in [3.8, 4) is 11.4 Å². The molecule has 0 radical (unpaired) electrons. The van der Waals surface area contributed by atoms with Gasteiger partial charge in [-0.3, -0.25) is 0 Å². The Hall–Kier alpha value is -1.47. The molecular weight excluding hydrogens is 271 g/mol. The Morgan fingerprint density at radius 3 is 2.65 bits per heavy atom. The maximum Gasteiger partial charge on any atom is 0.264 e. The predicted octanol–water partition coefficient (Wildman–Crippen LogP) is 2.11. The highest BCUT2D eigenvalue weighted by Gasteiger charge is 2.18. The Kier molecular flexibility index (Phi) is 2.88. The van der Waals surface area contributed by atoms with Gasteiger partial charge in [0, 0.05) is 23.2 Å². The third-order valence-corrected chi connectivity index (χ3v) is 3.32. The van der Waals surface area contributed by atoms with Crippen LogP contribution >= 0.6 is 10.7 Å². The second-order valence-corrected chi connectivity index (χ2v) is 5.75. The molecule has 2 rings (SSSR count). The lowest BCUT2D eigenvalue weighted by Gasteiger charge is -2.00. The molecule has 0 atom stereocenters. The number of aromatic nitrogens is 2. The largest absolute Gasteiger partial charge is 0.339 e. The first kappa shape index (κ1) is 12.0. The molecule has 0 N–H and O–H groups in total. The minimum atomic E-state index is -4.15. The topological polar surface area (TPSA) is 73.1 Å². The summed E-state index contributed by atoms with van der Waals surface area (Å²) < 4.78 is 40.2. The van der Waals surface area contributed by atoms with E-state index in [0.29, 0.717) is 11.5 Å². The zero-order chi connectivity index (χ0) is 12.6. The van der Waals surface area contributed by atoms with E-state index in [1.54, 1.807) is 6.92 Å². The summed E-state index contributed by atoms with van der Waals surface area (Å²) in [5.74, 6) is -0.437. The van der Waals surface area contributed by atoms with Gasteiger partial charge in [0.25, 0.3) is 9.05 Å². The second-order valence-electron chi connectivity index (χ2n) is 3.22. The lowest BCUT2D eigenvalue weighted by atomic mass is 10.2. The normalized spacial score (nSPS) is 11.7. The van der Waals surface area contributed by atoms with Gasteiger partial charge in [-0.15, -0.1) is 0 Å². The van der Waals surface area contributed by atoms with Gasteiger partial charge < -0.3 is 4.52 Å². The number of aryl methyl sites for hydroxylation is 1. The van der Waals surface area contributed by atoms with Crippen molar-refractivity contribution in [2.75, 3.05) is 0 Å². The summed E-state index contributed by atoms with van der Waals surface area (Å²) in [6, 6.07) is 3.38. The van der Waals surface area contributed by atoms with Crippen LogP contribution in [0.15, 0.2) is 27.6 Å². The van der Waals surface area contributed by atoms with E-state index >= 15 is 0 Å². The van der Waals surface area contributed by atoms with Gasteiger partial charge in [0.1, 0.15) is 10.7 Å². The molecule has 5 nitrogen and oxygen atoms in total. The minimum Gasteiger partial charge on any atom is -0.339 e. The van der Waals surface area contributed by atoms with Crippen molar-refractivity contribution < 1.29 is 17.3 Å². The SMILES string of the molecule is Cc1nc(-c2ccc(F)c(S(=O)(=O)Cl)c2)no1. The number of hydrogen-bond donors (Lipinski definition) is 0. The molecule has 0 saturated heterocycles. The van der Waals surface area contributed by atoms with Crippen LogP contribution in [0.1, 0.15) is 5.89 Å². The van der Waals surface area contributed by atoms with E-state index in [2.05, 4.69) is 10.1 Å². The van der Waals surface area contributed by atoms with Crippen LogP contribution in [0.4, 0.5) is 4.39 Å². The van der Waals surface area contributed by atoms with Crippen molar-refractivity contribution in [3.05, 3.63) is 29.9 Å². The molecule has 1 heterocycles. The van der Waals surface area contributed by atoms with Gasteiger partial charge in [-0.2, -0.15) is 4.98 Å². The van der Waals surface area contributed by atoms with Crippen LogP contribution in [-0.4, -0.2) is 18.6 Å². The number of hydrogen-bond acceptors (Lipinski definition) is 5. The lowest BCUT2D eigenvalue weighted by molar-refractivity contribution is 0.394. The molecule has 0 aliphatic carbocycles. The standard InChI is InChI=1S/C9H6ClFN2O3S/c1-5-12-9(13-16-5)6-2-3-7(11)8(4-6)17(10,14)15/h2-4H,1H3. The summed E-state index contributed by atoms with van der Waals surface area (Å²) in [5, 5.41) is 3.59. The van der Waals surface area contributed by atoms with E-state index in [-0.39, 0.29) is 5.82 Å². The maximum atomic E-state index is 13.3. The van der Waals surface area contributed by atoms with Crippen LogP contribution in [-0.2, 0) is 9.05 Å². The molecule has 17 heavy (non-hydrogen) atoms. The van der Waals surface area contributed by atoms with Crippen molar-refractivity contribution in [2.24, 2.45) is 0 Å². The summed E-state index contributed by atoms with van der Waals surface area (Å²) in [6.45, 7) is 1.58. The van der Waals surface area contributed by atoms with Crippen LogP contribution in [0.2, 0.25) is 0 Å². The molecule has 90 valence electrons. The van der Waals surface area contributed by atoms with Crippen LogP contribution < -0.4 is 0 Å². The Bertz CT molecular complexity index is 669. The van der Waals surface area contributed by atoms with Gasteiger partial charge in [0.2, 0.25) is 11.7 Å². The van der Waals surface area contributed by atoms with Gasteiger partial charge >= 0.3 is 0 Å². The quantitative estimate of drug-likeness (QED) is 0.786. The smallest absolute Gasteiger partial charge is 0.264 e. The number of rotatable bonds is 2. The molecule has 0 fully saturated rings. The van der Waals surface area contributed by atoms with Crippen LogP contribution in [0.5, 0.6) is 0 Å². The fourth-order valence-corrected chi connectivity index (χ4v) is 2.17. The third kappa shape index (κ3) is 2.45. The van der Waals surface area contributed by atoms with E-state index < -0.39 is 19.8 Å². The molecule has 0 bridgehead atoms. The van der Waals surface area contributed by atoms with Crippen LogP contribution in [0.25, 0.3) is 11.4 Å². The molecular formula is C9H6ClFN2O3S. The van der Waals surface area contributed by atoms with E-state index in [9.17, 15) is 12.8 Å². The first-order valence-corrected chi connectivity index (χ1v) is 6.74. The molecule has 0 saturated carbocycles. The first-order chi connectivity index (χ1) is 7.88. The number of nitrogens with zero attached hydrogens (tertiary/aromatic N) is 2. The fourth-order valence-electron chi connectivity index (χ4n) is 1.25. The van der Waals surface area contributed by atoms with E-state index in [1.807, 2.05) is 0 Å². The maximum absolute atomic E-state index is 13.3. The highest BCUT2D eigenvalue weighted by atomic mass is 35.7. The summed E-state index contributed by atoms with van der Waals surface area (Å²) in [5.41, 5.74) is 0.308. The fraction of sp³-hybridized carbons (Fsp3) is 0.111. The Morgan fingerprint density at radius 2 is 2.12 bits per heavy atom. The minimum absolute atomic E-state index is 0.170. The Balaban J connectivity index is 2.59. The van der Waals surface area contributed by atoms with Gasteiger partial charge in [0.05, 0.1) is 0 Å². The average molecular weight is 277 g/mol.